The maximum absolute atomic E-state index is 12.7. The van der Waals surface area contributed by atoms with E-state index >= 15 is 0 Å². The van der Waals surface area contributed by atoms with Crippen LogP contribution in [0.5, 0.6) is 17.2 Å². The summed E-state index contributed by atoms with van der Waals surface area (Å²) in [5.41, 5.74) is 3.53. The first kappa shape index (κ1) is 18.3. The number of aryl methyl sites for hydroxylation is 1. The summed E-state index contributed by atoms with van der Waals surface area (Å²) < 4.78 is 17.2. The second-order valence-corrected chi connectivity index (χ2v) is 7.56. The summed E-state index contributed by atoms with van der Waals surface area (Å²) in [6.07, 6.45) is 1.82. The molecule has 1 aromatic heterocycles. The van der Waals surface area contributed by atoms with Crippen molar-refractivity contribution in [3.05, 3.63) is 80.7 Å². The van der Waals surface area contributed by atoms with Crippen molar-refractivity contribution < 1.29 is 19.0 Å². The van der Waals surface area contributed by atoms with Gasteiger partial charge in [-0.05, 0) is 60.7 Å². The van der Waals surface area contributed by atoms with Gasteiger partial charge in [0.05, 0.1) is 12.7 Å². The molecule has 4 nitrogen and oxygen atoms in total. The minimum atomic E-state index is -0.0924. The van der Waals surface area contributed by atoms with Gasteiger partial charge in [0, 0.05) is 16.5 Å². The predicted octanol–water partition coefficient (Wildman–Crippen LogP) is 5.57. The summed E-state index contributed by atoms with van der Waals surface area (Å²) in [5.74, 6) is 2.33. The van der Waals surface area contributed by atoms with Crippen LogP contribution in [0.25, 0.3) is 6.08 Å². The summed E-state index contributed by atoms with van der Waals surface area (Å²) in [6.45, 7) is 4.33. The number of benzene rings is 2. The van der Waals surface area contributed by atoms with E-state index in [4.69, 9.17) is 14.2 Å². The van der Waals surface area contributed by atoms with Crippen LogP contribution in [0, 0.1) is 13.8 Å². The van der Waals surface area contributed by atoms with Crippen molar-refractivity contribution in [2.24, 2.45) is 0 Å². The summed E-state index contributed by atoms with van der Waals surface area (Å²) in [6, 6.07) is 13.4. The van der Waals surface area contributed by atoms with Gasteiger partial charge >= 0.3 is 0 Å². The fourth-order valence-corrected chi connectivity index (χ4v) is 3.95. The molecule has 0 spiro atoms. The number of carbonyl (C=O) groups is 1. The van der Waals surface area contributed by atoms with E-state index in [0.29, 0.717) is 29.4 Å². The lowest BCUT2D eigenvalue weighted by molar-refractivity contribution is 0.101. The predicted molar refractivity (Wildman–Crippen MR) is 110 cm³/mol. The smallest absolute Gasteiger partial charge is 0.232 e. The maximum atomic E-state index is 12.7. The van der Waals surface area contributed by atoms with Crippen LogP contribution < -0.4 is 14.2 Å². The maximum Gasteiger partial charge on any atom is 0.232 e. The van der Waals surface area contributed by atoms with E-state index in [1.54, 1.807) is 24.5 Å². The van der Waals surface area contributed by atoms with E-state index in [2.05, 4.69) is 0 Å². The SMILES string of the molecule is COc1cccc(COc2ccc3c(c2C)O/C(=C\c2sccc2C)C3=O)c1. The first-order chi connectivity index (χ1) is 13.6. The number of methoxy groups -OCH3 is 1. The monoisotopic (exact) mass is 392 g/mol. The zero-order valence-corrected chi connectivity index (χ0v) is 16.8. The Balaban J connectivity index is 1.56. The van der Waals surface area contributed by atoms with Crippen LogP contribution in [0.1, 0.15) is 31.9 Å². The minimum absolute atomic E-state index is 0.0924. The van der Waals surface area contributed by atoms with Gasteiger partial charge in [-0.25, -0.2) is 0 Å². The van der Waals surface area contributed by atoms with Crippen LogP contribution in [-0.2, 0) is 6.61 Å². The molecule has 2 aromatic carbocycles. The highest BCUT2D eigenvalue weighted by Gasteiger charge is 2.30. The lowest BCUT2D eigenvalue weighted by atomic mass is 10.1. The average molecular weight is 392 g/mol. The molecule has 5 heteroatoms. The molecule has 0 amide bonds. The van der Waals surface area contributed by atoms with Crippen LogP contribution >= 0.6 is 11.3 Å². The first-order valence-electron chi connectivity index (χ1n) is 8.94. The number of hydrogen-bond acceptors (Lipinski definition) is 5. The van der Waals surface area contributed by atoms with E-state index in [9.17, 15) is 4.79 Å². The number of ketones is 1. The van der Waals surface area contributed by atoms with Crippen LogP contribution in [-0.4, -0.2) is 12.9 Å². The molecular formula is C23H20O4S. The number of hydrogen-bond donors (Lipinski definition) is 0. The molecule has 1 aliphatic heterocycles. The van der Waals surface area contributed by atoms with Crippen LogP contribution in [0.2, 0.25) is 0 Å². The molecule has 0 bridgehead atoms. The van der Waals surface area contributed by atoms with Crippen molar-refractivity contribution in [3.8, 4) is 17.2 Å². The summed E-state index contributed by atoms with van der Waals surface area (Å²) in [7, 11) is 1.64. The average Bonchev–Trinajstić information content (AvgIpc) is 3.26. The highest BCUT2D eigenvalue weighted by Crippen LogP contribution is 2.40. The minimum Gasteiger partial charge on any atom is -0.497 e. The molecule has 0 saturated heterocycles. The molecule has 0 atom stereocenters. The number of ether oxygens (including phenoxy) is 3. The number of rotatable bonds is 5. The second kappa shape index (κ2) is 7.52. The molecule has 0 radical (unpaired) electrons. The zero-order chi connectivity index (χ0) is 19.7. The highest BCUT2D eigenvalue weighted by atomic mass is 32.1. The van der Waals surface area contributed by atoms with Gasteiger partial charge in [-0.2, -0.15) is 0 Å². The van der Waals surface area contributed by atoms with Crippen LogP contribution in [0.4, 0.5) is 0 Å². The molecule has 4 rings (SSSR count). The molecule has 0 unspecified atom stereocenters. The van der Waals surface area contributed by atoms with E-state index in [0.717, 1.165) is 27.3 Å². The van der Waals surface area contributed by atoms with E-state index in [1.807, 2.05) is 61.7 Å². The summed E-state index contributed by atoms with van der Waals surface area (Å²) >= 11 is 1.59. The molecular weight excluding hydrogens is 372 g/mol. The Kier molecular flexibility index (Phi) is 4.92. The molecule has 3 aromatic rings. The van der Waals surface area contributed by atoms with Gasteiger partial charge in [0.25, 0.3) is 0 Å². The number of carbonyl (C=O) groups excluding carboxylic acids is 1. The van der Waals surface area contributed by atoms with Gasteiger partial charge in [-0.3, -0.25) is 4.79 Å². The van der Waals surface area contributed by atoms with Gasteiger partial charge < -0.3 is 14.2 Å². The Morgan fingerprint density at radius 1 is 1.14 bits per heavy atom. The second-order valence-electron chi connectivity index (χ2n) is 6.61. The first-order valence-corrected chi connectivity index (χ1v) is 9.82. The van der Waals surface area contributed by atoms with E-state index < -0.39 is 0 Å². The standard InChI is InChI=1S/C23H20O4S/c1-14-9-10-28-21(14)12-20-22(24)18-7-8-19(15(2)23(18)27-20)26-13-16-5-4-6-17(11-16)25-3/h4-12H,13H2,1-3H3/b20-12-. The Bertz CT molecular complexity index is 1080. The van der Waals surface area contributed by atoms with Gasteiger partial charge in [-0.15, -0.1) is 11.3 Å². The van der Waals surface area contributed by atoms with Crippen molar-refractivity contribution >= 4 is 23.2 Å². The zero-order valence-electron chi connectivity index (χ0n) is 15.9. The molecule has 0 saturated carbocycles. The number of allylic oxidation sites excluding steroid dienone is 1. The topological polar surface area (TPSA) is 44.8 Å². The molecule has 28 heavy (non-hydrogen) atoms. The third kappa shape index (κ3) is 3.41. The Hall–Kier alpha value is -3.05. The molecule has 1 aliphatic rings. The Labute approximate surface area is 168 Å². The lowest BCUT2D eigenvalue weighted by Crippen LogP contribution is -1.99. The van der Waals surface area contributed by atoms with Gasteiger partial charge in [0.15, 0.2) is 5.76 Å². The van der Waals surface area contributed by atoms with E-state index in [1.165, 1.54) is 0 Å². The Morgan fingerprint density at radius 3 is 2.75 bits per heavy atom. The molecule has 0 aliphatic carbocycles. The summed E-state index contributed by atoms with van der Waals surface area (Å²) in [5, 5.41) is 2.00. The van der Waals surface area contributed by atoms with Crippen LogP contribution in [0.15, 0.2) is 53.6 Å². The van der Waals surface area contributed by atoms with Crippen molar-refractivity contribution in [3.63, 3.8) is 0 Å². The van der Waals surface area contributed by atoms with Crippen molar-refractivity contribution in [1.82, 2.24) is 0 Å². The fourth-order valence-electron chi connectivity index (χ4n) is 3.10. The molecule has 142 valence electrons. The van der Waals surface area contributed by atoms with Gasteiger partial charge in [-0.1, -0.05) is 12.1 Å². The molecule has 0 N–H and O–H groups in total. The molecule has 0 fully saturated rings. The summed E-state index contributed by atoms with van der Waals surface area (Å²) in [4.78, 5) is 13.7. The molecule has 2 heterocycles. The van der Waals surface area contributed by atoms with Crippen molar-refractivity contribution in [2.75, 3.05) is 7.11 Å². The van der Waals surface area contributed by atoms with Crippen molar-refractivity contribution in [2.45, 2.75) is 20.5 Å². The fraction of sp³-hybridized carbons (Fsp3) is 0.174. The van der Waals surface area contributed by atoms with Crippen LogP contribution in [0.3, 0.4) is 0 Å². The Morgan fingerprint density at radius 2 is 2.00 bits per heavy atom. The third-order valence-electron chi connectivity index (χ3n) is 4.73. The third-order valence-corrected chi connectivity index (χ3v) is 5.69. The largest absolute Gasteiger partial charge is 0.497 e. The lowest BCUT2D eigenvalue weighted by Gasteiger charge is -2.12. The number of fused-ring (bicyclic) bond motifs is 1. The van der Waals surface area contributed by atoms with Gasteiger partial charge in [0.2, 0.25) is 5.78 Å². The van der Waals surface area contributed by atoms with Crippen molar-refractivity contribution in [1.29, 1.82) is 0 Å². The number of Topliss-reactive ketones (excluding diaryl/α,β-unsaturated/α-hetero) is 1. The van der Waals surface area contributed by atoms with E-state index in [-0.39, 0.29) is 5.78 Å². The normalized spacial score (nSPS) is 14.1. The quantitative estimate of drug-likeness (QED) is 0.533. The van der Waals surface area contributed by atoms with Gasteiger partial charge in [0.1, 0.15) is 23.9 Å². The highest BCUT2D eigenvalue weighted by molar-refractivity contribution is 7.11. The number of thiophene rings is 1.